The van der Waals surface area contributed by atoms with E-state index in [1.807, 2.05) is 24.3 Å². The molecule has 3 amide bonds. The molecule has 4 rings (SSSR count). The number of nitrogens with zero attached hydrogens (tertiary/aromatic N) is 2. The molecule has 150 valence electrons. The monoisotopic (exact) mass is 411 g/mol. The van der Waals surface area contributed by atoms with Crippen LogP contribution in [0.25, 0.3) is 0 Å². The number of thioether (sulfide) groups is 1. The number of ether oxygens (including phenoxy) is 1. The highest BCUT2D eigenvalue weighted by molar-refractivity contribution is 8.00. The predicted octanol–water partition coefficient (Wildman–Crippen LogP) is 2.24. The Morgan fingerprint density at radius 1 is 1.07 bits per heavy atom. The number of rotatable bonds is 4. The summed E-state index contributed by atoms with van der Waals surface area (Å²) < 4.78 is 5.28. The molecule has 0 spiro atoms. The number of hydrogen-bond acceptors (Lipinski definition) is 5. The highest BCUT2D eigenvalue weighted by Crippen LogP contribution is 2.34. The maximum absolute atomic E-state index is 12.6. The molecular weight excluding hydrogens is 390 g/mol. The Hall–Kier alpha value is -2.84. The standard InChI is InChI=1S/C21H21N3O4S/c25-19(13-24-17-6-1-2-7-18(17)29-14-20(24)26)22-16-5-3-4-15(12-16)21(27)23-8-10-28-11-9-23/h1-7,12H,8-11,13-14H2,(H,22,25). The summed E-state index contributed by atoms with van der Waals surface area (Å²) in [6, 6.07) is 14.4. The Labute approximate surface area is 173 Å². The van der Waals surface area contributed by atoms with E-state index in [-0.39, 0.29) is 24.3 Å². The molecule has 2 aliphatic rings. The van der Waals surface area contributed by atoms with Gasteiger partial charge in [-0.1, -0.05) is 18.2 Å². The molecular formula is C21H21N3O4S. The summed E-state index contributed by atoms with van der Waals surface area (Å²) in [5, 5.41) is 2.80. The third-order valence-corrected chi connectivity index (χ3v) is 5.85. The van der Waals surface area contributed by atoms with Crippen LogP contribution >= 0.6 is 11.8 Å². The minimum absolute atomic E-state index is 0.0714. The van der Waals surface area contributed by atoms with Gasteiger partial charge < -0.3 is 19.9 Å². The van der Waals surface area contributed by atoms with Crippen LogP contribution in [0.5, 0.6) is 0 Å². The summed E-state index contributed by atoms with van der Waals surface area (Å²) in [6.07, 6.45) is 0. The van der Waals surface area contributed by atoms with Crippen molar-refractivity contribution in [2.24, 2.45) is 0 Å². The number of benzene rings is 2. The Morgan fingerprint density at radius 2 is 1.86 bits per heavy atom. The summed E-state index contributed by atoms with van der Waals surface area (Å²) in [5.41, 5.74) is 1.79. The lowest BCUT2D eigenvalue weighted by Gasteiger charge is -2.28. The van der Waals surface area contributed by atoms with Gasteiger partial charge in [0.05, 0.1) is 24.7 Å². The molecule has 0 atom stereocenters. The van der Waals surface area contributed by atoms with Gasteiger partial charge in [0.2, 0.25) is 11.8 Å². The van der Waals surface area contributed by atoms with Gasteiger partial charge in [0.15, 0.2) is 0 Å². The largest absolute Gasteiger partial charge is 0.378 e. The molecule has 2 aliphatic heterocycles. The number of anilines is 2. The molecule has 1 N–H and O–H groups in total. The number of amides is 3. The van der Waals surface area contributed by atoms with Crippen LogP contribution < -0.4 is 10.2 Å². The van der Waals surface area contributed by atoms with E-state index in [4.69, 9.17) is 4.74 Å². The van der Waals surface area contributed by atoms with E-state index in [2.05, 4.69) is 5.32 Å². The first-order valence-electron chi connectivity index (χ1n) is 9.41. The zero-order valence-corrected chi connectivity index (χ0v) is 16.6. The quantitative estimate of drug-likeness (QED) is 0.835. The van der Waals surface area contributed by atoms with E-state index in [9.17, 15) is 14.4 Å². The van der Waals surface area contributed by atoms with Gasteiger partial charge in [0.1, 0.15) is 6.54 Å². The zero-order valence-electron chi connectivity index (χ0n) is 15.8. The minimum atomic E-state index is -0.309. The average molecular weight is 411 g/mol. The van der Waals surface area contributed by atoms with Crippen LogP contribution in [0.1, 0.15) is 10.4 Å². The topological polar surface area (TPSA) is 79.0 Å². The van der Waals surface area contributed by atoms with E-state index < -0.39 is 0 Å². The normalized spacial score (nSPS) is 16.3. The van der Waals surface area contributed by atoms with Gasteiger partial charge in [-0.05, 0) is 30.3 Å². The van der Waals surface area contributed by atoms with Crippen LogP contribution in [0, 0.1) is 0 Å². The third-order valence-electron chi connectivity index (χ3n) is 4.80. The fraction of sp³-hybridized carbons (Fsp3) is 0.286. The number of hydrogen-bond donors (Lipinski definition) is 1. The van der Waals surface area contributed by atoms with Crippen molar-refractivity contribution in [1.29, 1.82) is 0 Å². The fourth-order valence-electron chi connectivity index (χ4n) is 3.35. The predicted molar refractivity (Wildman–Crippen MR) is 111 cm³/mol. The first-order chi connectivity index (χ1) is 14.1. The van der Waals surface area contributed by atoms with Gasteiger partial charge in [0.25, 0.3) is 5.91 Å². The van der Waals surface area contributed by atoms with E-state index in [0.29, 0.717) is 43.3 Å². The van der Waals surface area contributed by atoms with Crippen molar-refractivity contribution < 1.29 is 19.1 Å². The summed E-state index contributed by atoms with van der Waals surface area (Å²) in [7, 11) is 0. The second kappa shape index (κ2) is 8.67. The van der Waals surface area contributed by atoms with Gasteiger partial charge >= 0.3 is 0 Å². The van der Waals surface area contributed by atoms with Crippen molar-refractivity contribution in [2.45, 2.75) is 4.90 Å². The molecule has 2 heterocycles. The van der Waals surface area contributed by atoms with Crippen LogP contribution in [0.15, 0.2) is 53.4 Å². The summed E-state index contributed by atoms with van der Waals surface area (Å²) in [6.45, 7) is 2.11. The summed E-state index contributed by atoms with van der Waals surface area (Å²) in [4.78, 5) is 41.8. The molecule has 0 saturated carbocycles. The number of carbonyl (C=O) groups is 3. The Kier molecular flexibility index (Phi) is 5.82. The summed E-state index contributed by atoms with van der Waals surface area (Å²) in [5.74, 6) is -0.175. The first kappa shape index (κ1) is 19.5. The van der Waals surface area contributed by atoms with Gasteiger partial charge in [0, 0.05) is 29.2 Å². The van der Waals surface area contributed by atoms with Crippen molar-refractivity contribution >= 4 is 40.9 Å². The Morgan fingerprint density at radius 3 is 2.69 bits per heavy atom. The molecule has 29 heavy (non-hydrogen) atoms. The average Bonchev–Trinajstić information content (AvgIpc) is 2.76. The zero-order chi connectivity index (χ0) is 20.2. The van der Waals surface area contributed by atoms with Crippen LogP contribution in [-0.4, -0.2) is 61.2 Å². The van der Waals surface area contributed by atoms with Crippen LogP contribution in [-0.2, 0) is 14.3 Å². The van der Waals surface area contributed by atoms with E-state index in [0.717, 1.165) is 10.6 Å². The fourth-order valence-corrected chi connectivity index (χ4v) is 4.29. The van der Waals surface area contributed by atoms with Crippen molar-refractivity contribution in [1.82, 2.24) is 4.90 Å². The number of para-hydroxylation sites is 1. The molecule has 0 aliphatic carbocycles. The van der Waals surface area contributed by atoms with Gasteiger partial charge in [-0.15, -0.1) is 11.8 Å². The van der Waals surface area contributed by atoms with Crippen molar-refractivity contribution in [3.05, 3.63) is 54.1 Å². The highest BCUT2D eigenvalue weighted by Gasteiger charge is 2.26. The van der Waals surface area contributed by atoms with Crippen LogP contribution in [0.4, 0.5) is 11.4 Å². The molecule has 0 aromatic heterocycles. The van der Waals surface area contributed by atoms with Crippen molar-refractivity contribution in [3.63, 3.8) is 0 Å². The lowest BCUT2D eigenvalue weighted by molar-refractivity contribution is -0.120. The van der Waals surface area contributed by atoms with E-state index in [1.54, 1.807) is 29.2 Å². The maximum Gasteiger partial charge on any atom is 0.254 e. The number of fused-ring (bicyclic) bond motifs is 1. The Bertz CT molecular complexity index is 943. The molecule has 1 saturated heterocycles. The van der Waals surface area contributed by atoms with E-state index in [1.165, 1.54) is 16.7 Å². The second-order valence-corrected chi connectivity index (χ2v) is 7.79. The molecule has 2 aromatic rings. The SMILES string of the molecule is O=C(CN1C(=O)CSc2ccccc21)Nc1cccc(C(=O)N2CCOCC2)c1. The summed E-state index contributed by atoms with van der Waals surface area (Å²) >= 11 is 1.48. The molecule has 8 heteroatoms. The molecule has 0 bridgehead atoms. The highest BCUT2D eigenvalue weighted by atomic mass is 32.2. The van der Waals surface area contributed by atoms with Gasteiger partial charge in [-0.2, -0.15) is 0 Å². The Balaban J connectivity index is 1.44. The van der Waals surface area contributed by atoms with Gasteiger partial charge in [-0.3, -0.25) is 14.4 Å². The van der Waals surface area contributed by atoms with Crippen molar-refractivity contribution in [2.75, 3.05) is 48.8 Å². The maximum atomic E-state index is 12.6. The van der Waals surface area contributed by atoms with Crippen LogP contribution in [0.2, 0.25) is 0 Å². The molecule has 1 fully saturated rings. The molecule has 0 radical (unpaired) electrons. The van der Waals surface area contributed by atoms with Gasteiger partial charge in [-0.25, -0.2) is 0 Å². The molecule has 2 aromatic carbocycles. The number of carbonyl (C=O) groups excluding carboxylic acids is 3. The number of morpholine rings is 1. The molecule has 7 nitrogen and oxygen atoms in total. The second-order valence-electron chi connectivity index (χ2n) is 6.77. The van der Waals surface area contributed by atoms with Crippen LogP contribution in [0.3, 0.4) is 0 Å². The minimum Gasteiger partial charge on any atom is -0.378 e. The lowest BCUT2D eigenvalue weighted by Crippen LogP contribution is -2.41. The smallest absolute Gasteiger partial charge is 0.254 e. The molecule has 0 unspecified atom stereocenters. The first-order valence-corrected chi connectivity index (χ1v) is 10.4. The number of nitrogens with one attached hydrogen (secondary N) is 1. The van der Waals surface area contributed by atoms with Crippen molar-refractivity contribution in [3.8, 4) is 0 Å². The third kappa shape index (κ3) is 4.44. The lowest BCUT2D eigenvalue weighted by atomic mass is 10.1. The van der Waals surface area contributed by atoms with E-state index >= 15 is 0 Å².